The molecule has 2 aromatic rings. The second kappa shape index (κ2) is 6.00. The maximum Gasteiger partial charge on any atom is 0.163 e. The van der Waals surface area contributed by atoms with Gasteiger partial charge in [-0.1, -0.05) is 54.8 Å². The van der Waals surface area contributed by atoms with Gasteiger partial charge in [-0.05, 0) is 12.8 Å². The van der Waals surface area contributed by atoms with Crippen LogP contribution < -0.4 is 5.32 Å². The van der Waals surface area contributed by atoms with Gasteiger partial charge < -0.3 is 10.4 Å². The van der Waals surface area contributed by atoms with Gasteiger partial charge in [-0.25, -0.2) is 9.97 Å². The fourth-order valence-electron chi connectivity index (χ4n) is 2.84. The van der Waals surface area contributed by atoms with Crippen LogP contribution >= 0.6 is 11.6 Å². The van der Waals surface area contributed by atoms with Crippen molar-refractivity contribution in [2.45, 2.75) is 31.2 Å². The van der Waals surface area contributed by atoms with Gasteiger partial charge in [-0.15, -0.1) is 0 Å². The van der Waals surface area contributed by atoms with Gasteiger partial charge in [-0.3, -0.25) is 0 Å². The van der Waals surface area contributed by atoms with E-state index in [2.05, 4.69) is 15.3 Å². The maximum absolute atomic E-state index is 9.69. The van der Waals surface area contributed by atoms with E-state index in [1.807, 2.05) is 30.3 Å². The quantitative estimate of drug-likeness (QED) is 0.849. The summed E-state index contributed by atoms with van der Waals surface area (Å²) in [7, 11) is 0. The van der Waals surface area contributed by atoms with Gasteiger partial charge in [0.2, 0.25) is 0 Å². The van der Waals surface area contributed by atoms with E-state index in [0.717, 1.165) is 31.2 Å². The summed E-state index contributed by atoms with van der Waals surface area (Å²) in [6.07, 6.45) is 4.15. The average molecular weight is 304 g/mol. The molecule has 1 aromatic heterocycles. The normalized spacial score (nSPS) is 16.9. The number of aromatic nitrogens is 2. The Morgan fingerprint density at radius 1 is 1.14 bits per heavy atom. The number of aliphatic hydroxyl groups excluding tert-OH is 1. The second-order valence-electron chi connectivity index (χ2n) is 5.54. The van der Waals surface area contributed by atoms with Crippen LogP contribution in [0.15, 0.2) is 36.4 Å². The van der Waals surface area contributed by atoms with Crippen LogP contribution in [0.25, 0.3) is 11.4 Å². The van der Waals surface area contributed by atoms with E-state index < -0.39 is 0 Å². The van der Waals surface area contributed by atoms with Crippen LogP contribution in [-0.2, 0) is 0 Å². The number of hydrogen-bond acceptors (Lipinski definition) is 4. The summed E-state index contributed by atoms with van der Waals surface area (Å²) in [5.41, 5.74) is 0.651. The molecule has 0 unspecified atom stereocenters. The van der Waals surface area contributed by atoms with Crippen LogP contribution in [0, 0.1) is 0 Å². The maximum atomic E-state index is 9.69. The molecule has 3 rings (SSSR count). The molecule has 0 radical (unpaired) electrons. The summed E-state index contributed by atoms with van der Waals surface area (Å²) < 4.78 is 0. The van der Waals surface area contributed by atoms with Gasteiger partial charge in [0.1, 0.15) is 11.0 Å². The molecule has 5 heteroatoms. The summed E-state index contributed by atoms with van der Waals surface area (Å²) in [4.78, 5) is 8.82. The number of rotatable bonds is 4. The van der Waals surface area contributed by atoms with E-state index in [0.29, 0.717) is 16.8 Å². The molecular formula is C16H18ClN3O. The van der Waals surface area contributed by atoms with Crippen LogP contribution in [0.1, 0.15) is 25.7 Å². The first-order chi connectivity index (χ1) is 10.2. The predicted octanol–water partition coefficient (Wildman–Crippen LogP) is 3.51. The SMILES string of the molecule is OCC1(Nc2cc(Cl)nc(-c3ccccc3)n2)CCCC1. The minimum atomic E-state index is -0.272. The minimum Gasteiger partial charge on any atom is -0.394 e. The Bertz CT molecular complexity index is 612. The molecule has 2 N–H and O–H groups in total. The molecule has 21 heavy (non-hydrogen) atoms. The van der Waals surface area contributed by atoms with Crippen molar-refractivity contribution in [1.82, 2.24) is 9.97 Å². The van der Waals surface area contributed by atoms with E-state index >= 15 is 0 Å². The number of nitrogens with zero attached hydrogens (tertiary/aromatic N) is 2. The lowest BCUT2D eigenvalue weighted by Crippen LogP contribution is -2.39. The molecule has 0 saturated heterocycles. The van der Waals surface area contributed by atoms with E-state index in [9.17, 15) is 5.11 Å². The van der Waals surface area contributed by atoms with Gasteiger partial charge in [0.25, 0.3) is 0 Å². The lowest BCUT2D eigenvalue weighted by atomic mass is 9.99. The number of hydrogen-bond donors (Lipinski definition) is 2. The van der Waals surface area contributed by atoms with E-state index in [-0.39, 0.29) is 12.1 Å². The zero-order valence-electron chi connectivity index (χ0n) is 11.7. The summed E-state index contributed by atoms with van der Waals surface area (Å²) in [5, 5.41) is 13.5. The smallest absolute Gasteiger partial charge is 0.163 e. The first kappa shape index (κ1) is 14.3. The Labute approximate surface area is 129 Å². The first-order valence-corrected chi connectivity index (χ1v) is 7.58. The van der Waals surface area contributed by atoms with Gasteiger partial charge in [-0.2, -0.15) is 0 Å². The molecule has 110 valence electrons. The topological polar surface area (TPSA) is 58.0 Å². The number of halogens is 1. The van der Waals surface area contributed by atoms with E-state index in [4.69, 9.17) is 11.6 Å². The molecule has 1 aliphatic carbocycles. The van der Waals surface area contributed by atoms with Crippen LogP contribution in [0.4, 0.5) is 5.82 Å². The number of aliphatic hydroxyl groups is 1. The minimum absolute atomic E-state index is 0.106. The molecule has 0 aliphatic heterocycles. The van der Waals surface area contributed by atoms with Crippen LogP contribution in [0.5, 0.6) is 0 Å². The summed E-state index contributed by atoms with van der Waals surface area (Å²) >= 11 is 6.12. The summed E-state index contributed by atoms with van der Waals surface area (Å²) in [6.45, 7) is 0.106. The Balaban J connectivity index is 1.91. The average Bonchev–Trinajstić information content (AvgIpc) is 2.97. The van der Waals surface area contributed by atoms with Crippen molar-refractivity contribution in [2.24, 2.45) is 0 Å². The Morgan fingerprint density at radius 2 is 1.86 bits per heavy atom. The zero-order chi connectivity index (χ0) is 14.7. The van der Waals surface area contributed by atoms with Crippen molar-refractivity contribution in [3.05, 3.63) is 41.6 Å². The standard InChI is InChI=1S/C16H18ClN3O/c17-13-10-14(20-16(11-21)8-4-5-9-16)19-15(18-13)12-6-2-1-3-7-12/h1-3,6-7,10,21H,4-5,8-9,11H2,(H,18,19,20). The molecule has 1 heterocycles. The largest absolute Gasteiger partial charge is 0.394 e. The number of nitrogens with one attached hydrogen (secondary N) is 1. The van der Waals surface area contributed by atoms with E-state index in [1.54, 1.807) is 6.07 Å². The van der Waals surface area contributed by atoms with Crippen LogP contribution in [-0.4, -0.2) is 27.2 Å². The molecule has 1 aromatic carbocycles. The molecular weight excluding hydrogens is 286 g/mol. The highest BCUT2D eigenvalue weighted by Crippen LogP contribution is 2.33. The molecule has 0 spiro atoms. The van der Waals surface area contributed by atoms with Crippen molar-refractivity contribution in [3.63, 3.8) is 0 Å². The Hall–Kier alpha value is -1.65. The second-order valence-corrected chi connectivity index (χ2v) is 5.92. The first-order valence-electron chi connectivity index (χ1n) is 7.20. The fourth-order valence-corrected chi connectivity index (χ4v) is 3.03. The zero-order valence-corrected chi connectivity index (χ0v) is 12.5. The molecule has 0 bridgehead atoms. The predicted molar refractivity (Wildman–Crippen MR) is 84.4 cm³/mol. The molecule has 1 saturated carbocycles. The third-order valence-electron chi connectivity index (χ3n) is 3.98. The van der Waals surface area contributed by atoms with Crippen molar-refractivity contribution < 1.29 is 5.11 Å². The number of benzene rings is 1. The summed E-state index contributed by atoms with van der Waals surface area (Å²) in [5.74, 6) is 1.27. The van der Waals surface area contributed by atoms with Crippen molar-refractivity contribution in [3.8, 4) is 11.4 Å². The highest BCUT2D eigenvalue weighted by molar-refractivity contribution is 6.29. The lowest BCUT2D eigenvalue weighted by molar-refractivity contribution is 0.214. The molecule has 4 nitrogen and oxygen atoms in total. The Morgan fingerprint density at radius 3 is 2.52 bits per heavy atom. The van der Waals surface area contributed by atoms with E-state index in [1.165, 1.54) is 0 Å². The molecule has 1 fully saturated rings. The monoisotopic (exact) mass is 303 g/mol. The third kappa shape index (κ3) is 3.17. The van der Waals surface area contributed by atoms with Crippen molar-refractivity contribution >= 4 is 17.4 Å². The highest BCUT2D eigenvalue weighted by atomic mass is 35.5. The van der Waals surface area contributed by atoms with Crippen LogP contribution in [0.3, 0.4) is 0 Å². The van der Waals surface area contributed by atoms with Gasteiger partial charge in [0, 0.05) is 11.6 Å². The van der Waals surface area contributed by atoms with Crippen LogP contribution in [0.2, 0.25) is 5.15 Å². The van der Waals surface area contributed by atoms with Gasteiger partial charge in [0.15, 0.2) is 5.82 Å². The van der Waals surface area contributed by atoms with Crippen molar-refractivity contribution in [1.29, 1.82) is 0 Å². The number of anilines is 1. The van der Waals surface area contributed by atoms with Crippen molar-refractivity contribution in [2.75, 3.05) is 11.9 Å². The lowest BCUT2D eigenvalue weighted by Gasteiger charge is -2.28. The Kier molecular flexibility index (Phi) is 4.08. The fraction of sp³-hybridized carbons (Fsp3) is 0.375. The molecule has 1 aliphatic rings. The summed E-state index contributed by atoms with van der Waals surface area (Å²) in [6, 6.07) is 11.5. The highest BCUT2D eigenvalue weighted by Gasteiger charge is 2.33. The third-order valence-corrected chi connectivity index (χ3v) is 4.18. The van der Waals surface area contributed by atoms with Gasteiger partial charge >= 0.3 is 0 Å². The van der Waals surface area contributed by atoms with Gasteiger partial charge in [0.05, 0.1) is 12.1 Å². The molecule has 0 amide bonds. The molecule has 0 atom stereocenters.